The third-order valence-corrected chi connectivity index (χ3v) is 2.76. The zero-order chi connectivity index (χ0) is 9.84. The summed E-state index contributed by atoms with van der Waals surface area (Å²) in [6, 6.07) is 8.18. The van der Waals surface area contributed by atoms with Crippen molar-refractivity contribution in [3.63, 3.8) is 0 Å². The van der Waals surface area contributed by atoms with Crippen LogP contribution in [0, 0.1) is 18.3 Å². The fourth-order valence-corrected chi connectivity index (χ4v) is 1.38. The fourth-order valence-electron chi connectivity index (χ4n) is 1.02. The van der Waals surface area contributed by atoms with Gasteiger partial charge in [-0.3, -0.25) is 0 Å². The second-order valence-corrected chi connectivity index (χ2v) is 3.80. The molecule has 0 aliphatic heterocycles. The minimum atomic E-state index is 0.412. The van der Waals surface area contributed by atoms with E-state index >= 15 is 0 Å². The van der Waals surface area contributed by atoms with Crippen molar-refractivity contribution in [2.75, 3.05) is 18.5 Å². The Bertz CT molecular complexity index is 341. The molecule has 3 heteroatoms. The molecule has 0 amide bonds. The second kappa shape index (κ2) is 4.29. The quantitative estimate of drug-likeness (QED) is 0.742. The van der Waals surface area contributed by atoms with Crippen molar-refractivity contribution in [3.05, 3.63) is 28.2 Å². The van der Waals surface area contributed by atoms with E-state index in [9.17, 15) is 0 Å². The van der Waals surface area contributed by atoms with E-state index in [1.165, 1.54) is 5.56 Å². The summed E-state index contributed by atoms with van der Waals surface area (Å²) in [5, 5.41) is 8.52. The SMILES string of the molecule is Cc1ccc(N(C)CC#N)cc1Br. The fraction of sp³-hybridized carbons (Fsp3) is 0.300. The molecular weight excluding hydrogens is 228 g/mol. The number of hydrogen-bond donors (Lipinski definition) is 0. The summed E-state index contributed by atoms with van der Waals surface area (Å²) in [6.07, 6.45) is 0. The van der Waals surface area contributed by atoms with Crippen molar-refractivity contribution in [1.29, 1.82) is 5.26 Å². The number of aryl methyl sites for hydroxylation is 1. The Balaban J connectivity index is 2.91. The molecule has 13 heavy (non-hydrogen) atoms. The molecule has 2 nitrogen and oxygen atoms in total. The number of nitrogens with zero attached hydrogens (tertiary/aromatic N) is 2. The van der Waals surface area contributed by atoms with Crippen LogP contribution < -0.4 is 4.90 Å². The third kappa shape index (κ3) is 2.46. The minimum absolute atomic E-state index is 0.412. The number of hydrogen-bond acceptors (Lipinski definition) is 2. The van der Waals surface area contributed by atoms with Gasteiger partial charge in [-0.05, 0) is 24.6 Å². The Morgan fingerprint density at radius 1 is 1.54 bits per heavy atom. The molecule has 0 bridgehead atoms. The topological polar surface area (TPSA) is 27.0 Å². The van der Waals surface area contributed by atoms with Gasteiger partial charge in [-0.25, -0.2) is 0 Å². The highest BCUT2D eigenvalue weighted by molar-refractivity contribution is 9.10. The standard InChI is InChI=1S/C10H11BrN2/c1-8-3-4-9(7-10(8)11)13(2)6-5-12/h3-4,7H,6H2,1-2H3. The number of halogens is 1. The van der Waals surface area contributed by atoms with Crippen molar-refractivity contribution in [2.24, 2.45) is 0 Å². The molecule has 0 spiro atoms. The molecule has 0 aliphatic rings. The normalized spacial score (nSPS) is 9.38. The molecular formula is C10H11BrN2. The van der Waals surface area contributed by atoms with Crippen LogP contribution >= 0.6 is 15.9 Å². The summed E-state index contributed by atoms with van der Waals surface area (Å²) in [4.78, 5) is 1.91. The van der Waals surface area contributed by atoms with Gasteiger partial charge in [0.1, 0.15) is 6.54 Å². The van der Waals surface area contributed by atoms with Crippen molar-refractivity contribution in [1.82, 2.24) is 0 Å². The molecule has 0 aromatic heterocycles. The minimum Gasteiger partial charge on any atom is -0.361 e. The van der Waals surface area contributed by atoms with Crippen LogP contribution in [0.3, 0.4) is 0 Å². The van der Waals surface area contributed by atoms with Crippen LogP contribution in [0.1, 0.15) is 5.56 Å². The number of nitriles is 1. The maximum absolute atomic E-state index is 8.52. The molecule has 0 atom stereocenters. The zero-order valence-electron chi connectivity index (χ0n) is 7.71. The van der Waals surface area contributed by atoms with E-state index in [0.29, 0.717) is 6.54 Å². The van der Waals surface area contributed by atoms with Crippen LogP contribution in [0.2, 0.25) is 0 Å². The van der Waals surface area contributed by atoms with E-state index in [-0.39, 0.29) is 0 Å². The van der Waals surface area contributed by atoms with E-state index < -0.39 is 0 Å². The smallest absolute Gasteiger partial charge is 0.105 e. The lowest BCUT2D eigenvalue weighted by atomic mass is 10.2. The highest BCUT2D eigenvalue weighted by atomic mass is 79.9. The number of benzene rings is 1. The summed E-state index contributed by atoms with van der Waals surface area (Å²) in [5.41, 5.74) is 2.26. The van der Waals surface area contributed by atoms with Crippen molar-refractivity contribution in [2.45, 2.75) is 6.92 Å². The maximum atomic E-state index is 8.52. The average molecular weight is 239 g/mol. The first-order valence-electron chi connectivity index (χ1n) is 3.99. The van der Waals surface area contributed by atoms with Crippen molar-refractivity contribution in [3.8, 4) is 6.07 Å². The highest BCUT2D eigenvalue weighted by Crippen LogP contribution is 2.22. The van der Waals surface area contributed by atoms with E-state index in [0.717, 1.165) is 10.2 Å². The van der Waals surface area contributed by atoms with Crippen LogP contribution in [0.15, 0.2) is 22.7 Å². The summed E-state index contributed by atoms with van der Waals surface area (Å²) >= 11 is 3.46. The lowest BCUT2D eigenvalue weighted by Crippen LogP contribution is -2.16. The lowest BCUT2D eigenvalue weighted by molar-refractivity contribution is 1.03. The molecule has 1 aromatic rings. The molecule has 0 fully saturated rings. The summed E-state index contributed by atoms with van der Waals surface area (Å²) in [7, 11) is 1.90. The summed E-state index contributed by atoms with van der Waals surface area (Å²) < 4.78 is 1.08. The predicted octanol–water partition coefficient (Wildman–Crippen LogP) is 2.72. The maximum Gasteiger partial charge on any atom is 0.105 e. The van der Waals surface area contributed by atoms with Crippen molar-refractivity contribution < 1.29 is 0 Å². The Hall–Kier alpha value is -1.01. The molecule has 0 aliphatic carbocycles. The summed E-state index contributed by atoms with van der Waals surface area (Å²) in [6.45, 7) is 2.45. The van der Waals surface area contributed by atoms with E-state index in [1.54, 1.807) is 0 Å². The second-order valence-electron chi connectivity index (χ2n) is 2.95. The van der Waals surface area contributed by atoms with Gasteiger partial charge in [0, 0.05) is 17.2 Å². The van der Waals surface area contributed by atoms with Gasteiger partial charge < -0.3 is 4.90 Å². The van der Waals surface area contributed by atoms with Crippen molar-refractivity contribution >= 4 is 21.6 Å². The van der Waals surface area contributed by atoms with Crippen LogP contribution in [0.5, 0.6) is 0 Å². The first kappa shape index (κ1) is 10.1. The van der Waals surface area contributed by atoms with E-state index in [2.05, 4.69) is 22.0 Å². The van der Waals surface area contributed by atoms with Gasteiger partial charge in [0.25, 0.3) is 0 Å². The number of rotatable bonds is 2. The van der Waals surface area contributed by atoms with Gasteiger partial charge in [-0.1, -0.05) is 22.0 Å². The Labute approximate surface area is 86.9 Å². The third-order valence-electron chi connectivity index (χ3n) is 1.90. The summed E-state index contributed by atoms with van der Waals surface area (Å²) in [5.74, 6) is 0. The van der Waals surface area contributed by atoms with E-state index in [4.69, 9.17) is 5.26 Å². The van der Waals surface area contributed by atoms with Gasteiger partial charge >= 0.3 is 0 Å². The van der Waals surface area contributed by atoms with Gasteiger partial charge in [-0.15, -0.1) is 0 Å². The Morgan fingerprint density at radius 2 is 2.23 bits per heavy atom. The molecule has 0 heterocycles. The molecule has 0 unspecified atom stereocenters. The largest absolute Gasteiger partial charge is 0.361 e. The van der Waals surface area contributed by atoms with Crippen LogP contribution in [0.4, 0.5) is 5.69 Å². The Kier molecular flexibility index (Phi) is 3.32. The lowest BCUT2D eigenvalue weighted by Gasteiger charge is -2.15. The molecule has 68 valence electrons. The first-order chi connectivity index (χ1) is 6.15. The van der Waals surface area contributed by atoms with Gasteiger partial charge in [0.2, 0.25) is 0 Å². The van der Waals surface area contributed by atoms with Gasteiger partial charge in [0.15, 0.2) is 0 Å². The first-order valence-corrected chi connectivity index (χ1v) is 4.78. The van der Waals surface area contributed by atoms with E-state index in [1.807, 2.05) is 37.1 Å². The molecule has 0 saturated heterocycles. The zero-order valence-corrected chi connectivity index (χ0v) is 9.30. The molecule has 0 radical (unpaired) electrons. The predicted molar refractivity (Wildman–Crippen MR) is 57.8 cm³/mol. The monoisotopic (exact) mass is 238 g/mol. The Morgan fingerprint density at radius 3 is 2.77 bits per heavy atom. The van der Waals surface area contributed by atoms with Crippen LogP contribution in [-0.2, 0) is 0 Å². The molecule has 0 N–H and O–H groups in total. The average Bonchev–Trinajstić information content (AvgIpc) is 2.10. The van der Waals surface area contributed by atoms with Gasteiger partial charge in [0.05, 0.1) is 6.07 Å². The highest BCUT2D eigenvalue weighted by Gasteiger charge is 2.01. The molecule has 1 rings (SSSR count). The molecule has 1 aromatic carbocycles. The van der Waals surface area contributed by atoms with Gasteiger partial charge in [-0.2, -0.15) is 5.26 Å². The molecule has 0 saturated carbocycles. The number of anilines is 1. The van der Waals surface area contributed by atoms with Crippen LogP contribution in [-0.4, -0.2) is 13.6 Å². The van der Waals surface area contributed by atoms with Crippen LogP contribution in [0.25, 0.3) is 0 Å².